The molecule has 88 valence electrons. The number of hydrogen-bond acceptors (Lipinski definition) is 3. The van der Waals surface area contributed by atoms with Crippen LogP contribution in [0.3, 0.4) is 0 Å². The number of halogens is 2. The molecule has 3 nitrogen and oxygen atoms in total. The van der Waals surface area contributed by atoms with Gasteiger partial charge in [-0.1, -0.05) is 11.6 Å². The highest BCUT2D eigenvalue weighted by Gasteiger charge is 2.08. The van der Waals surface area contributed by atoms with Crippen LogP contribution >= 0.6 is 11.6 Å². The van der Waals surface area contributed by atoms with E-state index < -0.39 is 5.82 Å². The molecule has 0 saturated heterocycles. The summed E-state index contributed by atoms with van der Waals surface area (Å²) in [6.07, 6.45) is 0. The van der Waals surface area contributed by atoms with Crippen molar-refractivity contribution in [2.45, 2.75) is 6.92 Å². The zero-order chi connectivity index (χ0) is 12.4. The summed E-state index contributed by atoms with van der Waals surface area (Å²) in [6.45, 7) is 1.82. The Bertz CT molecular complexity index is 540. The zero-order valence-electron chi connectivity index (χ0n) is 9.37. The van der Waals surface area contributed by atoms with Crippen molar-refractivity contribution < 1.29 is 9.13 Å². The molecular formula is C12H10ClFN2O. The summed E-state index contributed by atoms with van der Waals surface area (Å²) in [7, 11) is 1.41. The highest BCUT2D eigenvalue weighted by atomic mass is 35.5. The van der Waals surface area contributed by atoms with Crippen LogP contribution in [0.1, 0.15) is 5.69 Å². The minimum absolute atomic E-state index is 0.156. The summed E-state index contributed by atoms with van der Waals surface area (Å²) in [4.78, 5) is 8.32. The van der Waals surface area contributed by atoms with Crippen LogP contribution in [0.2, 0.25) is 5.15 Å². The van der Waals surface area contributed by atoms with Gasteiger partial charge in [0.2, 0.25) is 0 Å². The van der Waals surface area contributed by atoms with E-state index in [-0.39, 0.29) is 5.75 Å². The van der Waals surface area contributed by atoms with Gasteiger partial charge in [-0.2, -0.15) is 0 Å². The van der Waals surface area contributed by atoms with Crippen molar-refractivity contribution in [3.63, 3.8) is 0 Å². The molecule has 17 heavy (non-hydrogen) atoms. The van der Waals surface area contributed by atoms with Gasteiger partial charge >= 0.3 is 0 Å². The Morgan fingerprint density at radius 1 is 1.24 bits per heavy atom. The van der Waals surface area contributed by atoms with Crippen molar-refractivity contribution in [2.75, 3.05) is 7.11 Å². The molecule has 0 unspecified atom stereocenters. The van der Waals surface area contributed by atoms with Gasteiger partial charge in [0.1, 0.15) is 5.15 Å². The van der Waals surface area contributed by atoms with Gasteiger partial charge in [-0.25, -0.2) is 14.4 Å². The molecule has 0 fully saturated rings. The molecule has 0 amide bonds. The number of hydrogen-bond donors (Lipinski definition) is 0. The summed E-state index contributed by atoms with van der Waals surface area (Å²) in [5.74, 6) is 0.187. The summed E-state index contributed by atoms with van der Waals surface area (Å²) >= 11 is 5.85. The van der Waals surface area contributed by atoms with Gasteiger partial charge < -0.3 is 4.74 Å². The SMILES string of the molecule is COc1cc(-c2nc(C)cc(Cl)n2)ccc1F. The van der Waals surface area contributed by atoms with Gasteiger partial charge in [-0.3, -0.25) is 0 Å². The standard InChI is InChI=1S/C12H10ClFN2O/c1-7-5-11(13)16-12(15-7)8-3-4-9(14)10(6-8)17-2/h3-6H,1-2H3. The fourth-order valence-corrected chi connectivity index (χ4v) is 1.70. The lowest BCUT2D eigenvalue weighted by atomic mass is 10.2. The first-order valence-electron chi connectivity index (χ1n) is 4.95. The van der Waals surface area contributed by atoms with E-state index in [0.717, 1.165) is 5.69 Å². The van der Waals surface area contributed by atoms with E-state index >= 15 is 0 Å². The number of rotatable bonds is 2. The van der Waals surface area contributed by atoms with Crippen molar-refractivity contribution in [1.29, 1.82) is 0 Å². The molecular weight excluding hydrogens is 243 g/mol. The molecule has 1 aromatic carbocycles. The minimum atomic E-state index is -0.421. The minimum Gasteiger partial charge on any atom is -0.494 e. The highest BCUT2D eigenvalue weighted by molar-refractivity contribution is 6.29. The molecule has 1 aromatic heterocycles. The summed E-state index contributed by atoms with van der Waals surface area (Å²) in [6, 6.07) is 6.10. The summed E-state index contributed by atoms with van der Waals surface area (Å²) in [5, 5.41) is 0.357. The van der Waals surface area contributed by atoms with E-state index in [1.54, 1.807) is 18.2 Å². The largest absolute Gasteiger partial charge is 0.494 e. The Morgan fingerprint density at radius 2 is 2.00 bits per heavy atom. The second kappa shape index (κ2) is 4.67. The van der Waals surface area contributed by atoms with E-state index in [9.17, 15) is 4.39 Å². The van der Waals surface area contributed by atoms with Crippen LogP contribution in [0.5, 0.6) is 5.75 Å². The van der Waals surface area contributed by atoms with E-state index in [0.29, 0.717) is 16.5 Å². The number of ether oxygens (including phenoxy) is 1. The van der Waals surface area contributed by atoms with Crippen molar-refractivity contribution in [1.82, 2.24) is 9.97 Å². The first-order valence-corrected chi connectivity index (χ1v) is 5.33. The van der Waals surface area contributed by atoms with Crippen LogP contribution in [0.4, 0.5) is 4.39 Å². The lowest BCUT2D eigenvalue weighted by Gasteiger charge is -2.05. The Balaban J connectivity index is 2.52. The maximum absolute atomic E-state index is 13.3. The van der Waals surface area contributed by atoms with Crippen LogP contribution in [-0.4, -0.2) is 17.1 Å². The Morgan fingerprint density at radius 3 is 2.65 bits per heavy atom. The molecule has 0 atom stereocenters. The second-order valence-electron chi connectivity index (χ2n) is 3.50. The predicted molar refractivity (Wildman–Crippen MR) is 63.7 cm³/mol. The fourth-order valence-electron chi connectivity index (χ4n) is 1.46. The Hall–Kier alpha value is -1.68. The molecule has 2 rings (SSSR count). The van der Waals surface area contributed by atoms with E-state index in [2.05, 4.69) is 9.97 Å². The van der Waals surface area contributed by atoms with Gasteiger partial charge in [-0.15, -0.1) is 0 Å². The topological polar surface area (TPSA) is 35.0 Å². The monoisotopic (exact) mass is 252 g/mol. The lowest BCUT2D eigenvalue weighted by Crippen LogP contribution is -1.94. The van der Waals surface area contributed by atoms with Crippen molar-refractivity contribution in [2.24, 2.45) is 0 Å². The first-order chi connectivity index (χ1) is 8.10. The predicted octanol–water partition coefficient (Wildman–Crippen LogP) is 3.25. The van der Waals surface area contributed by atoms with E-state index in [1.807, 2.05) is 6.92 Å². The molecule has 0 aliphatic rings. The molecule has 2 aromatic rings. The molecule has 0 aliphatic carbocycles. The third-order valence-corrected chi connectivity index (χ3v) is 2.43. The molecule has 0 spiro atoms. The Labute approximate surface area is 103 Å². The van der Waals surface area contributed by atoms with Gasteiger partial charge in [0, 0.05) is 11.3 Å². The van der Waals surface area contributed by atoms with Gasteiger partial charge in [0.25, 0.3) is 0 Å². The van der Waals surface area contributed by atoms with Crippen molar-refractivity contribution in [3.8, 4) is 17.1 Å². The quantitative estimate of drug-likeness (QED) is 0.770. The summed E-state index contributed by atoms with van der Waals surface area (Å²) in [5.41, 5.74) is 1.41. The van der Waals surface area contributed by atoms with Crippen LogP contribution in [-0.2, 0) is 0 Å². The molecule has 0 saturated carbocycles. The maximum Gasteiger partial charge on any atom is 0.165 e. The van der Waals surface area contributed by atoms with Crippen LogP contribution < -0.4 is 4.74 Å². The van der Waals surface area contributed by atoms with Crippen molar-refractivity contribution in [3.05, 3.63) is 40.9 Å². The van der Waals surface area contributed by atoms with Crippen LogP contribution in [0, 0.1) is 12.7 Å². The van der Waals surface area contributed by atoms with E-state index in [4.69, 9.17) is 16.3 Å². The third kappa shape index (κ3) is 2.53. The highest BCUT2D eigenvalue weighted by Crippen LogP contribution is 2.25. The third-order valence-electron chi connectivity index (χ3n) is 2.23. The normalized spacial score (nSPS) is 10.4. The number of aryl methyl sites for hydroxylation is 1. The number of benzene rings is 1. The van der Waals surface area contributed by atoms with Gasteiger partial charge in [0.05, 0.1) is 7.11 Å². The molecule has 0 radical (unpaired) electrons. The lowest BCUT2D eigenvalue weighted by molar-refractivity contribution is 0.387. The smallest absolute Gasteiger partial charge is 0.165 e. The number of nitrogens with zero attached hydrogens (tertiary/aromatic N) is 2. The van der Waals surface area contributed by atoms with E-state index in [1.165, 1.54) is 13.2 Å². The molecule has 0 aliphatic heterocycles. The number of methoxy groups -OCH3 is 1. The molecule has 5 heteroatoms. The average molecular weight is 253 g/mol. The maximum atomic E-state index is 13.3. The fraction of sp³-hybridized carbons (Fsp3) is 0.167. The second-order valence-corrected chi connectivity index (χ2v) is 3.89. The molecule has 1 heterocycles. The molecule has 0 bridgehead atoms. The number of aromatic nitrogens is 2. The van der Waals surface area contributed by atoms with Gasteiger partial charge in [0.15, 0.2) is 17.4 Å². The zero-order valence-corrected chi connectivity index (χ0v) is 10.1. The Kier molecular flexibility index (Phi) is 3.24. The average Bonchev–Trinajstić information content (AvgIpc) is 2.28. The van der Waals surface area contributed by atoms with Crippen LogP contribution in [0.25, 0.3) is 11.4 Å². The van der Waals surface area contributed by atoms with Crippen LogP contribution in [0.15, 0.2) is 24.3 Å². The van der Waals surface area contributed by atoms with Gasteiger partial charge in [-0.05, 0) is 31.2 Å². The first kappa shape index (κ1) is 11.8. The molecule has 0 N–H and O–H groups in total. The van der Waals surface area contributed by atoms with Crippen molar-refractivity contribution >= 4 is 11.6 Å². The summed E-state index contributed by atoms with van der Waals surface area (Å²) < 4.78 is 18.2.